The van der Waals surface area contributed by atoms with E-state index in [1.165, 1.54) is 6.20 Å². The number of methoxy groups -OCH3 is 1. The van der Waals surface area contributed by atoms with Crippen LogP contribution in [0, 0.1) is 11.6 Å². The molecule has 1 heterocycles. The zero-order valence-corrected chi connectivity index (χ0v) is 10.7. The number of nitrogen functional groups attached to an aromatic ring is 1. The lowest BCUT2D eigenvalue weighted by Crippen LogP contribution is -2.16. The van der Waals surface area contributed by atoms with E-state index in [2.05, 4.69) is 20.3 Å². The Labute approximate surface area is 117 Å². The van der Waals surface area contributed by atoms with E-state index in [1.807, 2.05) is 0 Å². The summed E-state index contributed by atoms with van der Waals surface area (Å²) in [4.78, 5) is 23.2. The molecule has 1 aromatic heterocycles. The van der Waals surface area contributed by atoms with E-state index in [9.17, 15) is 18.4 Å². The number of carbonyl (C=O) groups excluding carboxylic acids is 2. The predicted molar refractivity (Wildman–Crippen MR) is 68.7 cm³/mol. The molecule has 21 heavy (non-hydrogen) atoms. The first-order valence-corrected chi connectivity index (χ1v) is 5.61. The number of aromatic nitrogens is 2. The van der Waals surface area contributed by atoms with Gasteiger partial charge in [0.05, 0.1) is 30.2 Å². The number of rotatable bonds is 3. The van der Waals surface area contributed by atoms with Crippen LogP contribution in [0.5, 0.6) is 0 Å². The number of halogens is 2. The van der Waals surface area contributed by atoms with Crippen LogP contribution in [-0.2, 0) is 4.74 Å². The number of benzene rings is 1. The molecule has 0 bridgehead atoms. The number of aromatic amines is 1. The third-order valence-electron chi connectivity index (χ3n) is 2.61. The summed E-state index contributed by atoms with van der Waals surface area (Å²) in [7, 11) is 1.05. The number of H-pyrrole nitrogens is 1. The van der Waals surface area contributed by atoms with Gasteiger partial charge in [-0.2, -0.15) is 5.10 Å². The summed E-state index contributed by atoms with van der Waals surface area (Å²) in [5, 5.41) is 8.03. The Bertz CT molecular complexity index is 715. The fourth-order valence-corrected chi connectivity index (χ4v) is 1.57. The average molecular weight is 296 g/mol. The van der Waals surface area contributed by atoms with Gasteiger partial charge in [0, 0.05) is 6.07 Å². The number of amides is 1. The summed E-state index contributed by atoms with van der Waals surface area (Å²) in [5.41, 5.74) is 4.55. The topological polar surface area (TPSA) is 110 Å². The highest BCUT2D eigenvalue weighted by Gasteiger charge is 2.19. The predicted octanol–water partition coefficient (Wildman–Crippen LogP) is 1.31. The summed E-state index contributed by atoms with van der Waals surface area (Å²) >= 11 is 0. The van der Waals surface area contributed by atoms with Crippen LogP contribution in [0.2, 0.25) is 0 Å². The highest BCUT2D eigenvalue weighted by atomic mass is 19.1. The van der Waals surface area contributed by atoms with E-state index in [0.29, 0.717) is 6.07 Å². The second-order valence-corrected chi connectivity index (χ2v) is 3.96. The highest BCUT2D eigenvalue weighted by Crippen LogP contribution is 2.21. The second-order valence-electron chi connectivity index (χ2n) is 3.96. The number of esters is 1. The molecular formula is C12H10F2N4O3. The van der Waals surface area contributed by atoms with Gasteiger partial charge in [-0.3, -0.25) is 9.89 Å². The maximum Gasteiger partial charge on any atom is 0.340 e. The fourth-order valence-electron chi connectivity index (χ4n) is 1.57. The van der Waals surface area contributed by atoms with Crippen LogP contribution in [0.3, 0.4) is 0 Å². The first-order valence-electron chi connectivity index (χ1n) is 5.61. The number of nitrogens with two attached hydrogens (primary N) is 1. The van der Waals surface area contributed by atoms with Crippen molar-refractivity contribution < 1.29 is 23.1 Å². The Balaban J connectivity index is 2.34. The maximum absolute atomic E-state index is 13.6. The van der Waals surface area contributed by atoms with E-state index in [4.69, 9.17) is 5.73 Å². The van der Waals surface area contributed by atoms with Crippen molar-refractivity contribution in [2.24, 2.45) is 0 Å². The third-order valence-corrected chi connectivity index (χ3v) is 2.61. The van der Waals surface area contributed by atoms with Crippen LogP contribution in [0.1, 0.15) is 20.8 Å². The largest absolute Gasteiger partial charge is 0.465 e. The van der Waals surface area contributed by atoms with Crippen molar-refractivity contribution in [1.82, 2.24) is 10.2 Å². The summed E-state index contributed by atoms with van der Waals surface area (Å²) in [6, 6.07) is 1.30. The Hall–Kier alpha value is -2.97. The summed E-state index contributed by atoms with van der Waals surface area (Å²) in [6.07, 6.45) is 1.20. The number of nitrogens with one attached hydrogen (secondary N) is 2. The number of ether oxygens (including phenoxy) is 1. The maximum atomic E-state index is 13.6. The first-order chi connectivity index (χ1) is 9.93. The lowest BCUT2D eigenvalue weighted by molar-refractivity contribution is 0.0595. The minimum atomic E-state index is -1.10. The van der Waals surface area contributed by atoms with Gasteiger partial charge in [-0.1, -0.05) is 0 Å². The quantitative estimate of drug-likeness (QED) is 0.740. The SMILES string of the molecule is COC(=O)c1cc(NC(=O)c2[nH]ncc2N)c(F)cc1F. The molecule has 1 aromatic carbocycles. The van der Waals surface area contributed by atoms with Crippen molar-refractivity contribution in [3.8, 4) is 0 Å². The Morgan fingerprint density at radius 3 is 2.62 bits per heavy atom. The van der Waals surface area contributed by atoms with Crippen LogP contribution < -0.4 is 11.1 Å². The van der Waals surface area contributed by atoms with E-state index in [1.54, 1.807) is 0 Å². The zero-order valence-electron chi connectivity index (χ0n) is 10.7. The fraction of sp³-hybridized carbons (Fsp3) is 0.0833. The molecule has 1 amide bonds. The zero-order chi connectivity index (χ0) is 15.6. The molecule has 4 N–H and O–H groups in total. The molecule has 7 nitrogen and oxygen atoms in total. The van der Waals surface area contributed by atoms with Gasteiger partial charge >= 0.3 is 5.97 Å². The number of nitrogens with zero attached hydrogens (tertiary/aromatic N) is 1. The van der Waals surface area contributed by atoms with Crippen molar-refractivity contribution >= 4 is 23.3 Å². The lowest BCUT2D eigenvalue weighted by atomic mass is 10.1. The lowest BCUT2D eigenvalue weighted by Gasteiger charge is -2.08. The van der Waals surface area contributed by atoms with E-state index in [0.717, 1.165) is 13.2 Å². The van der Waals surface area contributed by atoms with Gasteiger partial charge in [-0.15, -0.1) is 0 Å². The van der Waals surface area contributed by atoms with Gasteiger partial charge < -0.3 is 15.8 Å². The molecule has 0 spiro atoms. The Morgan fingerprint density at radius 2 is 2.05 bits per heavy atom. The van der Waals surface area contributed by atoms with Crippen LogP contribution in [0.4, 0.5) is 20.2 Å². The standard InChI is InChI=1S/C12H10F2N4O3/c1-21-12(20)5-2-9(7(14)3-6(5)13)17-11(19)10-8(15)4-16-18-10/h2-4H,15H2,1H3,(H,16,18)(H,17,19). The summed E-state index contributed by atoms with van der Waals surface area (Å²) < 4.78 is 31.4. The number of carbonyl (C=O) groups is 2. The molecule has 0 aliphatic rings. The molecule has 2 rings (SSSR count). The van der Waals surface area contributed by atoms with Gasteiger partial charge in [0.25, 0.3) is 5.91 Å². The molecule has 0 aliphatic carbocycles. The second kappa shape index (κ2) is 5.57. The van der Waals surface area contributed by atoms with Gasteiger partial charge in [0.1, 0.15) is 17.3 Å². The van der Waals surface area contributed by atoms with Crippen LogP contribution in [-0.4, -0.2) is 29.2 Å². The molecule has 0 aliphatic heterocycles. The van der Waals surface area contributed by atoms with Crippen LogP contribution in [0.15, 0.2) is 18.3 Å². The Kier molecular flexibility index (Phi) is 3.83. The smallest absolute Gasteiger partial charge is 0.340 e. The normalized spacial score (nSPS) is 10.2. The molecule has 9 heteroatoms. The van der Waals surface area contributed by atoms with Crippen molar-refractivity contribution in [1.29, 1.82) is 0 Å². The molecule has 0 radical (unpaired) electrons. The van der Waals surface area contributed by atoms with Crippen molar-refractivity contribution in [3.05, 3.63) is 41.2 Å². The van der Waals surface area contributed by atoms with Gasteiger partial charge in [-0.05, 0) is 6.07 Å². The molecule has 0 fully saturated rings. The van der Waals surface area contributed by atoms with Crippen molar-refractivity contribution in [2.45, 2.75) is 0 Å². The van der Waals surface area contributed by atoms with E-state index < -0.39 is 34.8 Å². The van der Waals surface area contributed by atoms with Crippen molar-refractivity contribution in [2.75, 3.05) is 18.2 Å². The molecule has 0 saturated heterocycles. The molecule has 110 valence electrons. The van der Waals surface area contributed by atoms with Crippen molar-refractivity contribution in [3.63, 3.8) is 0 Å². The molecule has 2 aromatic rings. The van der Waals surface area contributed by atoms with Crippen LogP contribution >= 0.6 is 0 Å². The first kappa shape index (κ1) is 14.4. The van der Waals surface area contributed by atoms with Gasteiger partial charge in [-0.25, -0.2) is 13.6 Å². The molecular weight excluding hydrogens is 286 g/mol. The molecule has 0 atom stereocenters. The summed E-state index contributed by atoms with van der Waals surface area (Å²) in [6.45, 7) is 0. The minimum absolute atomic E-state index is 0.0585. The van der Waals surface area contributed by atoms with Crippen LogP contribution in [0.25, 0.3) is 0 Å². The third kappa shape index (κ3) is 2.81. The Morgan fingerprint density at radius 1 is 1.33 bits per heavy atom. The average Bonchev–Trinajstić information content (AvgIpc) is 2.87. The molecule has 0 unspecified atom stereocenters. The highest BCUT2D eigenvalue weighted by molar-refractivity contribution is 6.06. The number of anilines is 2. The monoisotopic (exact) mass is 296 g/mol. The number of hydrogen-bond acceptors (Lipinski definition) is 5. The molecule has 0 saturated carbocycles. The summed E-state index contributed by atoms with van der Waals surface area (Å²) in [5.74, 6) is -3.93. The minimum Gasteiger partial charge on any atom is -0.465 e. The number of hydrogen-bond donors (Lipinski definition) is 3. The van der Waals surface area contributed by atoms with E-state index >= 15 is 0 Å². The van der Waals surface area contributed by atoms with Gasteiger partial charge in [0.2, 0.25) is 0 Å². The van der Waals surface area contributed by atoms with Gasteiger partial charge in [0.15, 0.2) is 0 Å². The van der Waals surface area contributed by atoms with E-state index in [-0.39, 0.29) is 11.4 Å².